The van der Waals surface area contributed by atoms with E-state index in [0.29, 0.717) is 22.7 Å². The first-order valence-corrected chi connectivity index (χ1v) is 16.7. The predicted molar refractivity (Wildman–Crippen MR) is 178 cm³/mol. The first kappa shape index (κ1) is 34.5. The molecule has 0 aliphatic carbocycles. The number of ether oxygens (including phenoxy) is 2. The van der Waals surface area contributed by atoms with Crippen LogP contribution in [0.3, 0.4) is 0 Å². The Morgan fingerprint density at radius 3 is 2.37 bits per heavy atom. The molecule has 4 aromatic rings. The number of esters is 1. The van der Waals surface area contributed by atoms with Gasteiger partial charge >= 0.3 is 12.1 Å². The number of fused-ring (bicyclic) bond motifs is 1. The number of alkyl carbamates (subject to hydrolysis) is 1. The molecule has 0 unspecified atom stereocenters. The topological polar surface area (TPSA) is 149 Å². The lowest BCUT2D eigenvalue weighted by atomic mass is 10.0. The van der Waals surface area contributed by atoms with Gasteiger partial charge in [0.2, 0.25) is 17.7 Å². The van der Waals surface area contributed by atoms with E-state index >= 15 is 0 Å². The zero-order valence-corrected chi connectivity index (χ0v) is 28.0. The van der Waals surface area contributed by atoms with E-state index in [4.69, 9.17) is 13.9 Å². The Labute approximate surface area is 275 Å². The summed E-state index contributed by atoms with van der Waals surface area (Å²) in [6.07, 6.45) is -0.628. The fourth-order valence-corrected chi connectivity index (χ4v) is 6.02. The van der Waals surface area contributed by atoms with E-state index in [9.17, 15) is 19.2 Å². The van der Waals surface area contributed by atoms with Crippen molar-refractivity contribution < 1.29 is 33.1 Å². The quantitative estimate of drug-likeness (QED) is 0.166. The van der Waals surface area contributed by atoms with Crippen LogP contribution in [0.2, 0.25) is 0 Å². The third-order valence-electron chi connectivity index (χ3n) is 6.58. The number of thiophene rings is 1. The summed E-state index contributed by atoms with van der Waals surface area (Å²) in [6.45, 7) is 6.67. The van der Waals surface area contributed by atoms with Crippen LogP contribution >= 0.6 is 23.1 Å². The smallest absolute Gasteiger partial charge is 0.408 e. The van der Waals surface area contributed by atoms with Gasteiger partial charge in [-0.05, 0) is 62.4 Å². The number of nitrogens with zero attached hydrogens (tertiary/aromatic N) is 1. The number of hydrogen-bond donors (Lipinski definition) is 3. The minimum atomic E-state index is -1.03. The zero-order chi connectivity index (χ0) is 33.3. The average Bonchev–Trinajstić information content (AvgIpc) is 3.69. The number of carbonyl (C=O) groups is 4. The molecule has 2 aromatic carbocycles. The van der Waals surface area contributed by atoms with Gasteiger partial charge in [-0.2, -0.15) is 11.8 Å². The van der Waals surface area contributed by atoms with E-state index in [2.05, 4.69) is 20.9 Å². The minimum absolute atomic E-state index is 0.120. The van der Waals surface area contributed by atoms with Crippen LogP contribution in [-0.4, -0.2) is 65.5 Å². The van der Waals surface area contributed by atoms with Crippen LogP contribution in [0, 0.1) is 0 Å². The summed E-state index contributed by atoms with van der Waals surface area (Å²) < 4.78 is 16.2. The highest BCUT2D eigenvalue weighted by Gasteiger charge is 2.29. The third kappa shape index (κ3) is 10.1. The van der Waals surface area contributed by atoms with Crippen molar-refractivity contribution in [3.63, 3.8) is 0 Å². The highest BCUT2D eigenvalue weighted by molar-refractivity contribution is 7.98. The molecule has 0 saturated heterocycles. The Morgan fingerprint density at radius 1 is 0.935 bits per heavy atom. The van der Waals surface area contributed by atoms with Gasteiger partial charge in [-0.1, -0.05) is 42.5 Å². The first-order chi connectivity index (χ1) is 21.9. The molecule has 3 atom stereocenters. The van der Waals surface area contributed by atoms with Gasteiger partial charge in [0, 0.05) is 17.9 Å². The Morgan fingerprint density at radius 2 is 1.70 bits per heavy atom. The number of amides is 3. The number of methoxy groups -OCH3 is 1. The highest BCUT2D eigenvalue weighted by atomic mass is 32.2. The molecular weight excluding hydrogens is 629 g/mol. The van der Waals surface area contributed by atoms with Crippen molar-refractivity contribution in [2.75, 3.05) is 12.9 Å². The van der Waals surface area contributed by atoms with Crippen LogP contribution in [-0.2, 0) is 36.0 Å². The Kier molecular flexibility index (Phi) is 11.8. The Hall–Kier alpha value is -4.36. The number of hydrogen-bond acceptors (Lipinski definition) is 10. The second kappa shape index (κ2) is 15.8. The normalized spacial score (nSPS) is 13.3. The minimum Gasteiger partial charge on any atom is -0.467 e. The van der Waals surface area contributed by atoms with Gasteiger partial charge in [0.1, 0.15) is 29.2 Å². The molecule has 11 nitrogen and oxygen atoms in total. The van der Waals surface area contributed by atoms with E-state index in [1.165, 1.54) is 37.1 Å². The summed E-state index contributed by atoms with van der Waals surface area (Å²) in [4.78, 5) is 57.2. The number of thioether (sulfide) groups is 1. The molecule has 0 saturated carbocycles. The van der Waals surface area contributed by atoms with Crippen LogP contribution in [0.15, 0.2) is 70.5 Å². The standard InChI is InChI=1S/C33H38N4O7S2/c1-20(34-29(39)25(37-32(41)44-33(2,3)4)19-45-18-21-10-7-6-8-11-21)28(38)35-24(31(40)42-5)17-22-13-14-26-23(16-22)36-30(43-26)27-12-9-15-46-27/h6-16,20,24-25H,17-19H2,1-5H3,(H,34,39)(H,35,38)(H,37,41)/t20-,24-,25-/m0/s1. The van der Waals surface area contributed by atoms with Gasteiger partial charge in [-0.15, -0.1) is 11.3 Å². The van der Waals surface area contributed by atoms with Crippen molar-refractivity contribution >= 4 is 58.1 Å². The van der Waals surface area contributed by atoms with E-state index in [-0.39, 0.29) is 12.2 Å². The Balaban J connectivity index is 1.40. The van der Waals surface area contributed by atoms with E-state index in [1.807, 2.05) is 47.8 Å². The lowest BCUT2D eigenvalue weighted by molar-refractivity contribution is -0.145. The summed E-state index contributed by atoms with van der Waals surface area (Å²) in [6, 6.07) is 15.8. The maximum Gasteiger partial charge on any atom is 0.408 e. The molecule has 0 bridgehead atoms. The second-order valence-electron chi connectivity index (χ2n) is 11.5. The third-order valence-corrected chi connectivity index (χ3v) is 8.55. The van der Waals surface area contributed by atoms with Gasteiger partial charge in [0.25, 0.3) is 0 Å². The van der Waals surface area contributed by atoms with Crippen molar-refractivity contribution in [3.8, 4) is 10.8 Å². The van der Waals surface area contributed by atoms with Crippen molar-refractivity contribution in [1.29, 1.82) is 0 Å². The van der Waals surface area contributed by atoms with Crippen LogP contribution in [0.5, 0.6) is 0 Å². The predicted octanol–water partition coefficient (Wildman–Crippen LogP) is 5.09. The number of oxazole rings is 1. The number of aromatic nitrogens is 1. The zero-order valence-electron chi connectivity index (χ0n) is 26.3. The van der Waals surface area contributed by atoms with Gasteiger partial charge in [-0.3, -0.25) is 9.59 Å². The first-order valence-electron chi connectivity index (χ1n) is 14.6. The van der Waals surface area contributed by atoms with E-state index in [1.54, 1.807) is 39.0 Å². The summed E-state index contributed by atoms with van der Waals surface area (Å²) in [5.41, 5.74) is 2.24. The van der Waals surface area contributed by atoms with Crippen molar-refractivity contribution in [3.05, 3.63) is 77.2 Å². The molecule has 13 heteroatoms. The molecule has 0 fully saturated rings. The molecule has 46 heavy (non-hydrogen) atoms. The maximum absolute atomic E-state index is 13.3. The number of carbonyl (C=O) groups excluding carboxylic acids is 4. The fraction of sp³-hybridized carbons (Fsp3) is 0.364. The summed E-state index contributed by atoms with van der Waals surface area (Å²) in [5, 5.41) is 9.89. The largest absolute Gasteiger partial charge is 0.467 e. The summed E-state index contributed by atoms with van der Waals surface area (Å²) in [5.74, 6) is -0.457. The number of rotatable bonds is 13. The summed E-state index contributed by atoms with van der Waals surface area (Å²) >= 11 is 2.97. The molecule has 0 aliphatic heterocycles. The monoisotopic (exact) mass is 666 g/mol. The van der Waals surface area contributed by atoms with E-state index < -0.39 is 47.6 Å². The molecule has 0 aliphatic rings. The molecule has 0 radical (unpaired) electrons. The van der Waals surface area contributed by atoms with E-state index in [0.717, 1.165) is 16.0 Å². The SMILES string of the molecule is COC(=O)[C@H](Cc1ccc2oc(-c3cccs3)nc2c1)NC(=O)[C@H](C)NC(=O)[C@H](CSCc1ccccc1)NC(=O)OC(C)(C)C. The number of benzene rings is 2. The van der Waals surface area contributed by atoms with Crippen molar-refractivity contribution in [2.45, 2.75) is 63.6 Å². The maximum atomic E-state index is 13.3. The fourth-order valence-electron chi connectivity index (χ4n) is 4.35. The highest BCUT2D eigenvalue weighted by Crippen LogP contribution is 2.28. The molecule has 4 rings (SSSR count). The van der Waals surface area contributed by atoms with Gasteiger partial charge < -0.3 is 29.8 Å². The molecule has 2 aromatic heterocycles. The van der Waals surface area contributed by atoms with Crippen LogP contribution in [0.4, 0.5) is 4.79 Å². The molecular formula is C33H38N4O7S2. The molecule has 3 amide bonds. The summed E-state index contributed by atoms with van der Waals surface area (Å²) in [7, 11) is 1.24. The second-order valence-corrected chi connectivity index (χ2v) is 13.5. The molecule has 244 valence electrons. The van der Waals surface area contributed by atoms with Crippen molar-refractivity contribution in [1.82, 2.24) is 20.9 Å². The lowest BCUT2D eigenvalue weighted by Gasteiger charge is -2.25. The Bertz CT molecular complexity index is 1630. The number of nitrogens with one attached hydrogen (secondary N) is 3. The molecule has 3 N–H and O–H groups in total. The average molecular weight is 667 g/mol. The van der Waals surface area contributed by atoms with Gasteiger partial charge in [0.15, 0.2) is 5.58 Å². The van der Waals surface area contributed by atoms with Crippen LogP contribution in [0.25, 0.3) is 21.9 Å². The molecule has 0 spiro atoms. The molecule has 2 heterocycles. The van der Waals surface area contributed by atoms with Crippen LogP contribution < -0.4 is 16.0 Å². The lowest BCUT2D eigenvalue weighted by Crippen LogP contribution is -2.56. The van der Waals surface area contributed by atoms with Crippen molar-refractivity contribution in [2.24, 2.45) is 0 Å². The van der Waals surface area contributed by atoms with Gasteiger partial charge in [-0.25, -0.2) is 14.6 Å². The van der Waals surface area contributed by atoms with Gasteiger partial charge in [0.05, 0.1) is 12.0 Å². The van der Waals surface area contributed by atoms with Crippen LogP contribution in [0.1, 0.15) is 38.8 Å².